The minimum atomic E-state index is -0.284. The van der Waals surface area contributed by atoms with Gasteiger partial charge in [-0.3, -0.25) is 9.48 Å². The second-order valence-electron chi connectivity index (χ2n) is 3.91. The summed E-state index contributed by atoms with van der Waals surface area (Å²) in [6.45, 7) is 3.98. The molecule has 5 heteroatoms. The van der Waals surface area contributed by atoms with Gasteiger partial charge in [0.05, 0.1) is 6.20 Å². The molecule has 1 aromatic heterocycles. The SMILES string of the molecule is CC(CC(N)=O)NC(C)c1cnn(C)c1. The number of carbonyl (C=O) groups excluding carboxylic acids is 1. The third-order valence-corrected chi connectivity index (χ3v) is 2.27. The Bertz CT molecular complexity index is 334. The monoisotopic (exact) mass is 210 g/mol. The lowest BCUT2D eigenvalue weighted by molar-refractivity contribution is -0.118. The van der Waals surface area contributed by atoms with E-state index >= 15 is 0 Å². The van der Waals surface area contributed by atoms with Crippen LogP contribution in [0.1, 0.15) is 31.9 Å². The molecule has 1 heterocycles. The van der Waals surface area contributed by atoms with Crippen molar-refractivity contribution in [3.8, 4) is 0 Å². The first kappa shape index (κ1) is 11.7. The first-order chi connectivity index (χ1) is 6.99. The maximum atomic E-state index is 10.7. The molecule has 15 heavy (non-hydrogen) atoms. The Morgan fingerprint density at radius 2 is 2.33 bits per heavy atom. The van der Waals surface area contributed by atoms with Gasteiger partial charge in [0.2, 0.25) is 5.91 Å². The molecular weight excluding hydrogens is 192 g/mol. The normalized spacial score (nSPS) is 14.9. The van der Waals surface area contributed by atoms with Crippen LogP contribution in [0.2, 0.25) is 0 Å². The number of aromatic nitrogens is 2. The van der Waals surface area contributed by atoms with Crippen LogP contribution in [0.5, 0.6) is 0 Å². The second-order valence-corrected chi connectivity index (χ2v) is 3.91. The van der Waals surface area contributed by atoms with Gasteiger partial charge in [0.1, 0.15) is 0 Å². The molecule has 0 aliphatic rings. The maximum absolute atomic E-state index is 10.7. The van der Waals surface area contributed by atoms with Gasteiger partial charge in [-0.15, -0.1) is 0 Å². The van der Waals surface area contributed by atoms with E-state index in [1.54, 1.807) is 4.68 Å². The molecule has 3 N–H and O–H groups in total. The van der Waals surface area contributed by atoms with Crippen LogP contribution in [0.4, 0.5) is 0 Å². The van der Waals surface area contributed by atoms with Gasteiger partial charge < -0.3 is 11.1 Å². The zero-order valence-corrected chi connectivity index (χ0v) is 9.40. The molecule has 84 valence electrons. The van der Waals surface area contributed by atoms with Gasteiger partial charge in [-0.1, -0.05) is 0 Å². The first-order valence-electron chi connectivity index (χ1n) is 5.02. The molecule has 0 spiro atoms. The molecule has 1 aromatic rings. The lowest BCUT2D eigenvalue weighted by atomic mass is 10.1. The highest BCUT2D eigenvalue weighted by Gasteiger charge is 2.12. The predicted octanol–water partition coefficient (Wildman–Crippen LogP) is 0.335. The van der Waals surface area contributed by atoms with Crippen LogP contribution < -0.4 is 11.1 Å². The fraction of sp³-hybridized carbons (Fsp3) is 0.600. The van der Waals surface area contributed by atoms with Crippen molar-refractivity contribution in [2.24, 2.45) is 12.8 Å². The van der Waals surface area contributed by atoms with Gasteiger partial charge in [0.15, 0.2) is 0 Å². The summed E-state index contributed by atoms with van der Waals surface area (Å²) in [5.74, 6) is -0.284. The fourth-order valence-electron chi connectivity index (χ4n) is 1.55. The first-order valence-corrected chi connectivity index (χ1v) is 5.02. The van der Waals surface area contributed by atoms with E-state index in [1.165, 1.54) is 0 Å². The van der Waals surface area contributed by atoms with Crippen molar-refractivity contribution in [1.82, 2.24) is 15.1 Å². The van der Waals surface area contributed by atoms with Crippen LogP contribution in [-0.4, -0.2) is 21.7 Å². The average molecular weight is 210 g/mol. The van der Waals surface area contributed by atoms with Crippen molar-refractivity contribution in [3.05, 3.63) is 18.0 Å². The Morgan fingerprint density at radius 1 is 1.67 bits per heavy atom. The topological polar surface area (TPSA) is 72.9 Å². The molecule has 2 atom stereocenters. The number of hydrogen-bond donors (Lipinski definition) is 2. The van der Waals surface area contributed by atoms with E-state index in [-0.39, 0.29) is 18.0 Å². The van der Waals surface area contributed by atoms with E-state index in [9.17, 15) is 4.79 Å². The Hall–Kier alpha value is -1.36. The number of nitrogens with one attached hydrogen (secondary N) is 1. The summed E-state index contributed by atoms with van der Waals surface area (Å²) >= 11 is 0. The van der Waals surface area contributed by atoms with Crippen molar-refractivity contribution in [2.45, 2.75) is 32.4 Å². The molecule has 2 unspecified atom stereocenters. The number of nitrogens with zero attached hydrogens (tertiary/aromatic N) is 2. The van der Waals surface area contributed by atoms with E-state index in [2.05, 4.69) is 10.4 Å². The Labute approximate surface area is 89.6 Å². The van der Waals surface area contributed by atoms with Crippen LogP contribution in [0.15, 0.2) is 12.4 Å². The lowest BCUT2D eigenvalue weighted by Gasteiger charge is -2.17. The van der Waals surface area contributed by atoms with E-state index in [0.717, 1.165) is 5.56 Å². The number of rotatable bonds is 5. The summed E-state index contributed by atoms with van der Waals surface area (Å²) in [6, 6.07) is 0.255. The summed E-state index contributed by atoms with van der Waals surface area (Å²) in [5.41, 5.74) is 6.22. The van der Waals surface area contributed by atoms with Crippen LogP contribution in [0, 0.1) is 0 Å². The fourth-order valence-corrected chi connectivity index (χ4v) is 1.55. The highest BCUT2D eigenvalue weighted by atomic mass is 16.1. The third-order valence-electron chi connectivity index (χ3n) is 2.27. The van der Waals surface area contributed by atoms with Gasteiger partial charge in [-0.05, 0) is 13.8 Å². The molecule has 0 aromatic carbocycles. The molecule has 5 nitrogen and oxygen atoms in total. The van der Waals surface area contributed by atoms with E-state index in [4.69, 9.17) is 5.73 Å². The number of aryl methyl sites for hydroxylation is 1. The van der Waals surface area contributed by atoms with Gasteiger partial charge >= 0.3 is 0 Å². The van der Waals surface area contributed by atoms with Gasteiger partial charge in [-0.2, -0.15) is 5.10 Å². The summed E-state index contributed by atoms with van der Waals surface area (Å²) in [5, 5.41) is 7.38. The zero-order chi connectivity index (χ0) is 11.4. The van der Waals surface area contributed by atoms with Crippen LogP contribution in [0.3, 0.4) is 0 Å². The highest BCUT2D eigenvalue weighted by Crippen LogP contribution is 2.11. The maximum Gasteiger partial charge on any atom is 0.218 e. The number of primary amides is 1. The van der Waals surface area contributed by atoms with E-state index in [1.807, 2.05) is 33.3 Å². The molecular formula is C10H18N4O. The average Bonchev–Trinajstić information content (AvgIpc) is 2.49. The van der Waals surface area contributed by atoms with Crippen molar-refractivity contribution in [2.75, 3.05) is 0 Å². The molecule has 0 aliphatic heterocycles. The zero-order valence-electron chi connectivity index (χ0n) is 9.40. The minimum Gasteiger partial charge on any atom is -0.370 e. The molecule has 0 saturated heterocycles. The molecule has 0 bridgehead atoms. The molecule has 0 radical (unpaired) electrons. The molecule has 1 rings (SSSR count). The minimum absolute atomic E-state index is 0.0812. The smallest absolute Gasteiger partial charge is 0.218 e. The van der Waals surface area contributed by atoms with Gasteiger partial charge in [0.25, 0.3) is 0 Å². The number of amides is 1. The highest BCUT2D eigenvalue weighted by molar-refractivity contribution is 5.74. The second kappa shape index (κ2) is 4.93. The summed E-state index contributed by atoms with van der Waals surface area (Å²) in [6.07, 6.45) is 4.12. The van der Waals surface area contributed by atoms with Gasteiger partial charge in [0, 0.05) is 37.3 Å². The van der Waals surface area contributed by atoms with Crippen LogP contribution in [-0.2, 0) is 11.8 Å². The Balaban J connectivity index is 2.48. The van der Waals surface area contributed by atoms with Crippen molar-refractivity contribution < 1.29 is 4.79 Å². The van der Waals surface area contributed by atoms with Crippen LogP contribution in [0.25, 0.3) is 0 Å². The van der Waals surface area contributed by atoms with Crippen molar-refractivity contribution >= 4 is 5.91 Å². The van der Waals surface area contributed by atoms with Crippen molar-refractivity contribution in [1.29, 1.82) is 0 Å². The molecule has 0 saturated carbocycles. The van der Waals surface area contributed by atoms with Crippen LogP contribution >= 0.6 is 0 Å². The van der Waals surface area contributed by atoms with Gasteiger partial charge in [-0.25, -0.2) is 0 Å². The summed E-state index contributed by atoms with van der Waals surface area (Å²) < 4.78 is 1.76. The predicted molar refractivity (Wildman–Crippen MR) is 58.0 cm³/mol. The van der Waals surface area contributed by atoms with E-state index < -0.39 is 0 Å². The Kier molecular flexibility index (Phi) is 3.85. The standard InChI is InChI=1S/C10H18N4O/c1-7(4-10(11)15)13-8(2)9-5-12-14(3)6-9/h5-8,13H,4H2,1-3H3,(H2,11,15). The quantitative estimate of drug-likeness (QED) is 0.735. The number of nitrogens with two attached hydrogens (primary N) is 1. The molecule has 0 aliphatic carbocycles. The summed E-state index contributed by atoms with van der Waals surface area (Å²) in [4.78, 5) is 10.7. The third kappa shape index (κ3) is 3.71. The molecule has 0 fully saturated rings. The largest absolute Gasteiger partial charge is 0.370 e. The molecule has 1 amide bonds. The van der Waals surface area contributed by atoms with E-state index in [0.29, 0.717) is 6.42 Å². The lowest BCUT2D eigenvalue weighted by Crippen LogP contribution is -2.32. The number of carbonyl (C=O) groups is 1. The summed E-state index contributed by atoms with van der Waals surface area (Å²) in [7, 11) is 1.88. The van der Waals surface area contributed by atoms with Crippen molar-refractivity contribution in [3.63, 3.8) is 0 Å². The number of hydrogen-bond acceptors (Lipinski definition) is 3. The Morgan fingerprint density at radius 3 is 2.80 bits per heavy atom.